The highest BCUT2D eigenvalue weighted by Crippen LogP contribution is 2.23. The van der Waals surface area contributed by atoms with Crippen LogP contribution in [0.5, 0.6) is 0 Å². The summed E-state index contributed by atoms with van der Waals surface area (Å²) in [6.45, 7) is 2.12. The molecule has 0 aliphatic carbocycles. The Morgan fingerprint density at radius 2 is 1.35 bits per heavy atom. The van der Waals surface area contributed by atoms with Gasteiger partial charge < -0.3 is 0 Å². The van der Waals surface area contributed by atoms with Crippen molar-refractivity contribution in [2.24, 2.45) is 0 Å². The van der Waals surface area contributed by atoms with Crippen molar-refractivity contribution in [3.8, 4) is 0 Å². The van der Waals surface area contributed by atoms with E-state index in [2.05, 4.69) is 67.4 Å². The smallest absolute Gasteiger partial charge is 0.0132 e. The third-order valence-corrected chi connectivity index (χ3v) is 4.19. The highest BCUT2D eigenvalue weighted by Gasteiger charge is 1.98. The molecule has 0 fully saturated rings. The van der Waals surface area contributed by atoms with Crippen LogP contribution in [0.25, 0.3) is 0 Å². The normalized spacial score (nSPS) is 12.3. The summed E-state index contributed by atoms with van der Waals surface area (Å²) in [6, 6.07) is 19.4. The molecule has 2 rings (SSSR count). The minimum Gasteiger partial charge on any atom is -0.184 e. The van der Waals surface area contributed by atoms with Crippen molar-refractivity contribution in [2.45, 2.75) is 18.4 Å². The summed E-state index contributed by atoms with van der Waals surface area (Å²) in [5.41, 5.74) is 4.10. The van der Waals surface area contributed by atoms with Crippen LogP contribution in [0.3, 0.4) is 0 Å². The maximum absolute atomic E-state index is 4.28. The van der Waals surface area contributed by atoms with Gasteiger partial charge in [-0.05, 0) is 18.1 Å². The molecule has 0 aliphatic rings. The van der Waals surface area contributed by atoms with Crippen molar-refractivity contribution in [3.63, 3.8) is 0 Å². The Balaban J connectivity index is 1.96. The lowest BCUT2D eigenvalue weighted by atomic mass is 10.2. The molecule has 2 aromatic rings. The maximum Gasteiger partial charge on any atom is 0.0132 e. The number of benzene rings is 2. The molecule has 0 radical (unpaired) electrons. The molecule has 0 saturated heterocycles. The largest absolute Gasteiger partial charge is 0.184 e. The van der Waals surface area contributed by atoms with Crippen LogP contribution in [0.2, 0.25) is 0 Å². The minimum absolute atomic E-state index is 0.171. The third kappa shape index (κ3) is 3.86. The van der Waals surface area contributed by atoms with Gasteiger partial charge in [0.1, 0.15) is 0 Å². The molecule has 1 atom stereocenters. The molecule has 0 bridgehead atoms. The van der Waals surface area contributed by atoms with Gasteiger partial charge in [-0.2, -0.15) is 10.5 Å². The number of aryl methyl sites for hydroxylation is 1. The summed E-state index contributed by atoms with van der Waals surface area (Å²) in [6.07, 6.45) is 0. The molecule has 0 N–H and O–H groups in total. The molecule has 0 saturated carbocycles. The number of hydrogen-bond donors (Lipinski definition) is 0. The lowest BCUT2D eigenvalue weighted by molar-refractivity contribution is 1.34. The van der Waals surface area contributed by atoms with E-state index in [9.17, 15) is 0 Å². The molecule has 2 aromatic carbocycles. The Morgan fingerprint density at radius 3 is 1.94 bits per heavy atom. The van der Waals surface area contributed by atoms with E-state index >= 15 is 0 Å². The van der Waals surface area contributed by atoms with E-state index in [0.29, 0.717) is 0 Å². The molecule has 1 heteroatoms. The first-order chi connectivity index (χ1) is 8.24. The van der Waals surface area contributed by atoms with Crippen LogP contribution in [0, 0.1) is 6.92 Å². The van der Waals surface area contributed by atoms with Crippen LogP contribution in [0.15, 0.2) is 54.6 Å². The minimum atomic E-state index is 0.171. The van der Waals surface area contributed by atoms with Gasteiger partial charge in [-0.15, -0.1) is 0 Å². The first-order valence-electron chi connectivity index (χ1n) is 5.81. The van der Waals surface area contributed by atoms with Crippen LogP contribution in [0.1, 0.15) is 16.7 Å². The highest BCUT2D eigenvalue weighted by atomic mass is 32.2. The van der Waals surface area contributed by atoms with Gasteiger partial charge in [-0.25, -0.2) is 0 Å². The Bertz CT molecular complexity index is 483. The van der Waals surface area contributed by atoms with Gasteiger partial charge in [0, 0.05) is 11.5 Å². The second-order valence-electron chi connectivity index (χ2n) is 4.37. The molecular formula is C16H18S. The first kappa shape index (κ1) is 12.1. The van der Waals surface area contributed by atoms with E-state index in [4.69, 9.17) is 0 Å². The third-order valence-electron chi connectivity index (χ3n) is 2.71. The molecule has 1 unspecified atom stereocenters. The van der Waals surface area contributed by atoms with E-state index in [1.54, 1.807) is 0 Å². The van der Waals surface area contributed by atoms with Crippen molar-refractivity contribution in [1.82, 2.24) is 0 Å². The number of rotatable bonds is 4. The van der Waals surface area contributed by atoms with Crippen LogP contribution >= 0.6 is 10.5 Å². The van der Waals surface area contributed by atoms with Gasteiger partial charge in [0.25, 0.3) is 0 Å². The molecule has 0 nitrogen and oxygen atoms in total. The molecule has 17 heavy (non-hydrogen) atoms. The molecule has 0 aromatic heterocycles. The summed E-state index contributed by atoms with van der Waals surface area (Å²) >= 11 is 0. The second-order valence-corrected chi connectivity index (χ2v) is 6.17. The molecule has 0 aliphatic heterocycles. The lowest BCUT2D eigenvalue weighted by Crippen LogP contribution is -1.87. The van der Waals surface area contributed by atoms with E-state index in [1.807, 2.05) is 0 Å². The molecule has 0 amide bonds. The van der Waals surface area contributed by atoms with Crippen molar-refractivity contribution < 1.29 is 0 Å². The summed E-state index contributed by atoms with van der Waals surface area (Å²) in [7, 11) is 0.171. The standard InChI is InChI=1S/C16H18S/c1-14-8-10-16(11-9-14)13-17(2)12-15-6-4-3-5-7-15/h3-11H,2,12-13H2,1H3. The topological polar surface area (TPSA) is 0 Å². The highest BCUT2D eigenvalue weighted by molar-refractivity contribution is 8.12. The Kier molecular flexibility index (Phi) is 4.16. The predicted octanol–water partition coefficient (Wildman–Crippen LogP) is 4.40. The summed E-state index contributed by atoms with van der Waals surface area (Å²) in [4.78, 5) is 0. The summed E-state index contributed by atoms with van der Waals surface area (Å²) in [5.74, 6) is 6.44. The van der Waals surface area contributed by atoms with Crippen molar-refractivity contribution >= 4 is 16.4 Å². The Labute approximate surface area is 106 Å². The average molecular weight is 242 g/mol. The van der Waals surface area contributed by atoms with Crippen LogP contribution in [-0.4, -0.2) is 5.87 Å². The predicted molar refractivity (Wildman–Crippen MR) is 79.7 cm³/mol. The quantitative estimate of drug-likeness (QED) is 0.697. The van der Waals surface area contributed by atoms with Gasteiger partial charge in [0.05, 0.1) is 0 Å². The zero-order valence-electron chi connectivity index (χ0n) is 10.2. The van der Waals surface area contributed by atoms with Gasteiger partial charge in [0.2, 0.25) is 0 Å². The van der Waals surface area contributed by atoms with E-state index in [1.165, 1.54) is 16.7 Å². The summed E-state index contributed by atoms with van der Waals surface area (Å²) < 4.78 is 0. The van der Waals surface area contributed by atoms with Crippen LogP contribution in [0.4, 0.5) is 0 Å². The monoisotopic (exact) mass is 242 g/mol. The maximum atomic E-state index is 4.28. The van der Waals surface area contributed by atoms with Crippen LogP contribution < -0.4 is 0 Å². The van der Waals surface area contributed by atoms with Crippen molar-refractivity contribution in [2.75, 3.05) is 0 Å². The van der Waals surface area contributed by atoms with Gasteiger partial charge in [-0.3, -0.25) is 0 Å². The molecular weight excluding hydrogens is 224 g/mol. The second kappa shape index (κ2) is 5.83. The molecule has 88 valence electrons. The SMILES string of the molecule is C=S(Cc1ccccc1)Cc1ccc(C)cc1. The Morgan fingerprint density at radius 1 is 0.824 bits per heavy atom. The van der Waals surface area contributed by atoms with Crippen molar-refractivity contribution in [3.05, 3.63) is 71.3 Å². The van der Waals surface area contributed by atoms with Crippen molar-refractivity contribution in [1.29, 1.82) is 0 Å². The van der Waals surface area contributed by atoms with Gasteiger partial charge >= 0.3 is 0 Å². The number of hydrogen-bond acceptors (Lipinski definition) is 0. The molecule has 0 spiro atoms. The fourth-order valence-corrected chi connectivity index (χ4v) is 3.21. The fraction of sp³-hybridized carbons (Fsp3) is 0.188. The fourth-order valence-electron chi connectivity index (χ4n) is 1.78. The lowest BCUT2D eigenvalue weighted by Gasteiger charge is -2.08. The van der Waals surface area contributed by atoms with E-state index < -0.39 is 0 Å². The zero-order chi connectivity index (χ0) is 12.1. The van der Waals surface area contributed by atoms with Gasteiger partial charge in [0.15, 0.2) is 0 Å². The Hall–Kier alpha value is -1.34. The van der Waals surface area contributed by atoms with E-state index in [0.717, 1.165) is 11.5 Å². The zero-order valence-corrected chi connectivity index (χ0v) is 11.0. The molecule has 0 heterocycles. The van der Waals surface area contributed by atoms with Gasteiger partial charge in [-0.1, -0.05) is 66.0 Å². The van der Waals surface area contributed by atoms with Crippen LogP contribution in [-0.2, 0) is 11.5 Å². The van der Waals surface area contributed by atoms with E-state index in [-0.39, 0.29) is 10.5 Å². The average Bonchev–Trinajstić information content (AvgIpc) is 2.33. The first-order valence-corrected chi connectivity index (χ1v) is 7.54. The summed E-state index contributed by atoms with van der Waals surface area (Å²) in [5, 5.41) is 0.